The Balaban J connectivity index is 1.44. The zero-order chi connectivity index (χ0) is 20.0. The van der Waals surface area contributed by atoms with Crippen molar-refractivity contribution >= 4 is 23.2 Å². The van der Waals surface area contributed by atoms with E-state index in [4.69, 9.17) is 0 Å². The monoisotopic (exact) mass is 411 g/mol. The van der Waals surface area contributed by atoms with Gasteiger partial charge in [-0.3, -0.25) is 14.3 Å². The first-order chi connectivity index (χ1) is 14.1. The molecular formula is C19H21N7O2S. The maximum absolute atomic E-state index is 13.0. The van der Waals surface area contributed by atoms with Gasteiger partial charge in [-0.2, -0.15) is 10.2 Å². The Labute approximate surface area is 171 Å². The molecule has 0 bridgehead atoms. The Morgan fingerprint density at radius 3 is 2.86 bits per heavy atom. The van der Waals surface area contributed by atoms with Crippen LogP contribution in [0.4, 0.5) is 0 Å². The van der Waals surface area contributed by atoms with Crippen LogP contribution in [0.3, 0.4) is 0 Å². The molecule has 0 saturated carbocycles. The second-order valence-corrected chi connectivity index (χ2v) is 8.60. The molecule has 10 heteroatoms. The van der Waals surface area contributed by atoms with Crippen LogP contribution in [-0.2, 0) is 13.6 Å². The van der Waals surface area contributed by atoms with Gasteiger partial charge in [0.1, 0.15) is 17.8 Å². The number of aromatic nitrogens is 5. The third-order valence-corrected chi connectivity index (χ3v) is 6.94. The van der Waals surface area contributed by atoms with Crippen LogP contribution in [-0.4, -0.2) is 54.3 Å². The second-order valence-electron chi connectivity index (χ2n) is 7.65. The highest BCUT2D eigenvalue weighted by Crippen LogP contribution is 2.47. The SMILES string of the molecule is Cn1nccc1C(=O)N1CCC2(CCn3ncnc3C2NC(=O)c2cccs2)C1. The molecule has 1 fully saturated rings. The first-order valence-corrected chi connectivity index (χ1v) is 10.4. The molecule has 2 aliphatic rings. The second kappa shape index (κ2) is 6.80. The number of carbonyl (C=O) groups is 2. The molecule has 1 saturated heterocycles. The number of fused-ring (bicyclic) bond motifs is 1. The van der Waals surface area contributed by atoms with Crippen LogP contribution in [0.5, 0.6) is 0 Å². The van der Waals surface area contributed by atoms with Crippen LogP contribution in [0.15, 0.2) is 36.1 Å². The van der Waals surface area contributed by atoms with Gasteiger partial charge in [0.2, 0.25) is 0 Å². The van der Waals surface area contributed by atoms with Gasteiger partial charge in [0.25, 0.3) is 11.8 Å². The first-order valence-electron chi connectivity index (χ1n) is 9.57. The summed E-state index contributed by atoms with van der Waals surface area (Å²) in [4.78, 5) is 32.8. The van der Waals surface area contributed by atoms with Crippen molar-refractivity contribution in [3.8, 4) is 0 Å². The minimum Gasteiger partial charge on any atom is -0.341 e. The molecule has 2 aliphatic heterocycles. The van der Waals surface area contributed by atoms with Crippen molar-refractivity contribution in [2.45, 2.75) is 25.4 Å². The third-order valence-electron chi connectivity index (χ3n) is 6.07. The predicted molar refractivity (Wildman–Crippen MR) is 105 cm³/mol. The van der Waals surface area contributed by atoms with Crippen LogP contribution < -0.4 is 5.32 Å². The van der Waals surface area contributed by atoms with Gasteiger partial charge in [0.05, 0.1) is 10.9 Å². The van der Waals surface area contributed by atoms with Crippen LogP contribution in [0.1, 0.15) is 44.9 Å². The molecule has 1 spiro atoms. The number of hydrogen-bond donors (Lipinski definition) is 1. The fourth-order valence-corrected chi connectivity index (χ4v) is 5.12. The molecule has 0 aliphatic carbocycles. The van der Waals surface area contributed by atoms with E-state index < -0.39 is 0 Å². The molecule has 5 rings (SSSR count). The lowest BCUT2D eigenvalue weighted by molar-refractivity contribution is 0.0694. The van der Waals surface area contributed by atoms with Gasteiger partial charge in [-0.25, -0.2) is 9.67 Å². The number of amides is 2. The molecule has 2 unspecified atom stereocenters. The summed E-state index contributed by atoms with van der Waals surface area (Å²) in [6, 6.07) is 5.12. The smallest absolute Gasteiger partial charge is 0.272 e. The van der Waals surface area contributed by atoms with E-state index in [1.807, 2.05) is 27.1 Å². The van der Waals surface area contributed by atoms with Crippen LogP contribution in [0, 0.1) is 5.41 Å². The molecule has 2 atom stereocenters. The summed E-state index contributed by atoms with van der Waals surface area (Å²) < 4.78 is 3.46. The molecule has 2 amide bonds. The standard InChI is InChI=1S/C19H21N7O2S/c1-24-13(4-7-21-24)18(28)25-8-5-19(11-25)6-9-26-16(20-12-22-26)15(19)23-17(27)14-3-2-10-29-14/h2-4,7,10,12,15H,5-6,8-9,11H2,1H3,(H,23,27). The zero-order valence-corrected chi connectivity index (χ0v) is 16.8. The van der Waals surface area contributed by atoms with Gasteiger partial charge in [0.15, 0.2) is 0 Å². The summed E-state index contributed by atoms with van der Waals surface area (Å²) in [5.74, 6) is 0.616. The fourth-order valence-electron chi connectivity index (χ4n) is 4.50. The average molecular weight is 411 g/mol. The summed E-state index contributed by atoms with van der Waals surface area (Å²) in [6.45, 7) is 1.94. The highest BCUT2D eigenvalue weighted by Gasteiger charge is 2.51. The van der Waals surface area contributed by atoms with E-state index in [2.05, 4.69) is 20.5 Å². The summed E-state index contributed by atoms with van der Waals surface area (Å²) in [6.07, 6.45) is 4.80. The third kappa shape index (κ3) is 2.94. The van der Waals surface area contributed by atoms with Crippen LogP contribution in [0.2, 0.25) is 0 Å². The molecule has 1 N–H and O–H groups in total. The first kappa shape index (κ1) is 18.0. The summed E-state index contributed by atoms with van der Waals surface area (Å²) in [5.41, 5.74) is 0.310. The number of thiophene rings is 1. The minimum atomic E-state index is -0.294. The highest BCUT2D eigenvalue weighted by atomic mass is 32.1. The van der Waals surface area contributed by atoms with Gasteiger partial charge < -0.3 is 10.2 Å². The van der Waals surface area contributed by atoms with Crippen molar-refractivity contribution < 1.29 is 9.59 Å². The topological polar surface area (TPSA) is 97.9 Å². The number of rotatable bonds is 3. The normalized spacial score (nSPS) is 23.3. The zero-order valence-electron chi connectivity index (χ0n) is 16.0. The largest absolute Gasteiger partial charge is 0.341 e. The lowest BCUT2D eigenvalue weighted by atomic mass is 9.74. The molecule has 150 valence electrons. The highest BCUT2D eigenvalue weighted by molar-refractivity contribution is 7.12. The number of nitrogens with one attached hydrogen (secondary N) is 1. The van der Waals surface area contributed by atoms with E-state index in [1.165, 1.54) is 17.7 Å². The molecule has 3 aromatic rings. The van der Waals surface area contributed by atoms with Gasteiger partial charge in [-0.15, -0.1) is 11.3 Å². The van der Waals surface area contributed by atoms with E-state index >= 15 is 0 Å². The average Bonchev–Trinajstić information content (AvgIpc) is 3.51. The van der Waals surface area contributed by atoms with E-state index in [-0.39, 0.29) is 23.3 Å². The fraction of sp³-hybridized carbons (Fsp3) is 0.421. The molecule has 0 radical (unpaired) electrons. The summed E-state index contributed by atoms with van der Waals surface area (Å²) >= 11 is 1.41. The molecule has 5 heterocycles. The summed E-state index contributed by atoms with van der Waals surface area (Å²) in [5, 5.41) is 13.5. The van der Waals surface area contributed by atoms with E-state index in [0.717, 1.165) is 25.2 Å². The Morgan fingerprint density at radius 1 is 1.24 bits per heavy atom. The van der Waals surface area contributed by atoms with Gasteiger partial charge >= 0.3 is 0 Å². The maximum Gasteiger partial charge on any atom is 0.272 e. The van der Waals surface area contributed by atoms with E-state index in [0.29, 0.717) is 23.7 Å². The quantitative estimate of drug-likeness (QED) is 0.704. The lowest BCUT2D eigenvalue weighted by Gasteiger charge is -2.40. The van der Waals surface area contributed by atoms with E-state index in [9.17, 15) is 9.59 Å². The molecule has 29 heavy (non-hydrogen) atoms. The van der Waals surface area contributed by atoms with Crippen molar-refractivity contribution in [1.82, 2.24) is 34.8 Å². The Hall–Kier alpha value is -3.01. The predicted octanol–water partition coefficient (Wildman–Crippen LogP) is 1.48. The number of likely N-dealkylation sites (tertiary alicyclic amines) is 1. The lowest BCUT2D eigenvalue weighted by Crippen LogP contribution is -2.48. The minimum absolute atomic E-state index is 0.0303. The maximum atomic E-state index is 13.0. The molecule has 0 aromatic carbocycles. The van der Waals surface area contributed by atoms with Crippen molar-refractivity contribution in [1.29, 1.82) is 0 Å². The number of hydrogen-bond acceptors (Lipinski definition) is 6. The van der Waals surface area contributed by atoms with Crippen molar-refractivity contribution in [2.75, 3.05) is 13.1 Å². The molecule has 9 nitrogen and oxygen atoms in total. The van der Waals surface area contributed by atoms with Crippen molar-refractivity contribution in [3.05, 3.63) is 52.5 Å². The Morgan fingerprint density at radius 2 is 2.10 bits per heavy atom. The van der Waals surface area contributed by atoms with Crippen LogP contribution in [0.25, 0.3) is 0 Å². The van der Waals surface area contributed by atoms with Crippen molar-refractivity contribution in [2.24, 2.45) is 12.5 Å². The van der Waals surface area contributed by atoms with E-state index in [1.54, 1.807) is 24.0 Å². The van der Waals surface area contributed by atoms with Gasteiger partial charge in [0, 0.05) is 38.3 Å². The number of aryl methyl sites for hydroxylation is 2. The Kier molecular flexibility index (Phi) is 4.23. The van der Waals surface area contributed by atoms with Gasteiger partial charge in [-0.1, -0.05) is 6.07 Å². The van der Waals surface area contributed by atoms with Gasteiger partial charge in [-0.05, 0) is 30.4 Å². The summed E-state index contributed by atoms with van der Waals surface area (Å²) in [7, 11) is 1.77. The molecule has 3 aromatic heterocycles. The number of nitrogens with zero attached hydrogens (tertiary/aromatic N) is 6. The number of carbonyl (C=O) groups excluding carboxylic acids is 2. The van der Waals surface area contributed by atoms with Crippen molar-refractivity contribution in [3.63, 3.8) is 0 Å². The van der Waals surface area contributed by atoms with Crippen LogP contribution >= 0.6 is 11.3 Å². The molecular weight excluding hydrogens is 390 g/mol. The Bertz CT molecular complexity index is 1060.